The van der Waals surface area contributed by atoms with Gasteiger partial charge in [0, 0.05) is 26.3 Å². The number of aromatic nitrogens is 3. The van der Waals surface area contributed by atoms with Crippen molar-refractivity contribution in [1.29, 1.82) is 0 Å². The number of pyridine rings is 1. The minimum atomic E-state index is -0.662. The highest BCUT2D eigenvalue weighted by molar-refractivity contribution is 7.98. The Kier molecular flexibility index (Phi) is 5.36. The standard InChI is InChI=1S/C17H21ClFN5O2S/c1-17(2,3)26-16(25)24-7-9(8-24)23(4)14-10-6-20-15(27-5)21-12(10)11(19)13(18)22-14/h6,9H,7-8H2,1-5H3. The van der Waals surface area contributed by atoms with Gasteiger partial charge in [-0.15, -0.1) is 0 Å². The molecule has 3 rings (SSSR count). The van der Waals surface area contributed by atoms with Crippen LogP contribution in [0.5, 0.6) is 0 Å². The van der Waals surface area contributed by atoms with Crippen LogP contribution in [0, 0.1) is 5.82 Å². The summed E-state index contributed by atoms with van der Waals surface area (Å²) in [4.78, 5) is 28.2. The predicted molar refractivity (Wildman–Crippen MR) is 104 cm³/mol. The van der Waals surface area contributed by atoms with Gasteiger partial charge in [0.25, 0.3) is 0 Å². The Hall–Kier alpha value is -1.87. The maximum atomic E-state index is 14.4. The van der Waals surface area contributed by atoms with Crippen LogP contribution in [0.4, 0.5) is 15.0 Å². The fourth-order valence-electron chi connectivity index (χ4n) is 2.71. The zero-order valence-electron chi connectivity index (χ0n) is 15.8. The molecule has 1 aliphatic heterocycles. The molecule has 7 nitrogen and oxygen atoms in total. The van der Waals surface area contributed by atoms with Crippen LogP contribution in [0.25, 0.3) is 10.9 Å². The first-order valence-electron chi connectivity index (χ1n) is 8.37. The van der Waals surface area contributed by atoms with E-state index in [9.17, 15) is 9.18 Å². The van der Waals surface area contributed by atoms with Crippen LogP contribution in [-0.4, -0.2) is 64.0 Å². The molecule has 146 valence electrons. The molecule has 1 amide bonds. The third-order valence-electron chi connectivity index (χ3n) is 4.18. The normalized spacial score (nSPS) is 15.0. The molecular weight excluding hydrogens is 393 g/mol. The minimum Gasteiger partial charge on any atom is -0.444 e. The highest BCUT2D eigenvalue weighted by Crippen LogP contribution is 2.32. The summed E-state index contributed by atoms with van der Waals surface area (Å²) >= 11 is 7.30. The molecule has 0 spiro atoms. The molecule has 2 aromatic rings. The zero-order valence-corrected chi connectivity index (χ0v) is 17.4. The van der Waals surface area contributed by atoms with E-state index in [1.54, 1.807) is 11.1 Å². The highest BCUT2D eigenvalue weighted by Gasteiger charge is 2.37. The number of halogens is 2. The molecule has 0 aliphatic carbocycles. The van der Waals surface area contributed by atoms with Crippen molar-refractivity contribution in [3.8, 4) is 0 Å². The Morgan fingerprint density at radius 1 is 1.41 bits per heavy atom. The second kappa shape index (κ2) is 7.27. The first-order chi connectivity index (χ1) is 12.6. The monoisotopic (exact) mass is 413 g/mol. The molecule has 27 heavy (non-hydrogen) atoms. The SMILES string of the molecule is CSc1ncc2c(N(C)C3CN(C(=O)OC(C)(C)C)C3)nc(Cl)c(F)c2n1. The molecule has 0 aromatic carbocycles. The van der Waals surface area contributed by atoms with E-state index in [0.29, 0.717) is 29.5 Å². The fourth-order valence-corrected chi connectivity index (χ4v) is 3.22. The molecule has 1 aliphatic rings. The number of fused-ring (bicyclic) bond motifs is 1. The van der Waals surface area contributed by atoms with Crippen LogP contribution < -0.4 is 4.90 Å². The zero-order chi connectivity index (χ0) is 19.9. The Labute approximate surface area is 166 Å². The number of thioether (sulfide) groups is 1. The van der Waals surface area contributed by atoms with E-state index in [2.05, 4.69) is 15.0 Å². The van der Waals surface area contributed by atoms with Gasteiger partial charge in [-0.3, -0.25) is 0 Å². The second-order valence-corrected chi connectivity index (χ2v) is 8.44. The van der Waals surface area contributed by atoms with E-state index >= 15 is 0 Å². The molecule has 0 unspecified atom stereocenters. The maximum absolute atomic E-state index is 14.4. The van der Waals surface area contributed by atoms with Crippen molar-refractivity contribution in [2.45, 2.75) is 37.6 Å². The summed E-state index contributed by atoms with van der Waals surface area (Å²) in [5.74, 6) is -0.177. The number of nitrogens with zero attached hydrogens (tertiary/aromatic N) is 5. The number of amides is 1. The molecule has 0 bridgehead atoms. The van der Waals surface area contributed by atoms with E-state index in [1.807, 2.05) is 39.0 Å². The van der Waals surface area contributed by atoms with Gasteiger partial charge in [0.2, 0.25) is 0 Å². The van der Waals surface area contributed by atoms with Crippen LogP contribution in [0.15, 0.2) is 11.4 Å². The number of likely N-dealkylation sites (tertiary alicyclic amines) is 1. The molecule has 0 radical (unpaired) electrons. The summed E-state index contributed by atoms with van der Waals surface area (Å²) in [5.41, 5.74) is -0.401. The van der Waals surface area contributed by atoms with Gasteiger partial charge in [0.15, 0.2) is 16.1 Å². The number of hydrogen-bond donors (Lipinski definition) is 0. The van der Waals surface area contributed by atoms with Crippen LogP contribution in [-0.2, 0) is 4.74 Å². The van der Waals surface area contributed by atoms with E-state index in [-0.39, 0.29) is 22.8 Å². The third-order valence-corrected chi connectivity index (χ3v) is 4.99. The lowest BCUT2D eigenvalue weighted by molar-refractivity contribution is 0.00848. The average Bonchev–Trinajstić information content (AvgIpc) is 2.54. The number of carbonyl (C=O) groups excluding carboxylic acids is 1. The Bertz CT molecular complexity index is 886. The summed E-state index contributed by atoms with van der Waals surface area (Å²) in [7, 11) is 1.83. The molecule has 0 atom stereocenters. The van der Waals surface area contributed by atoms with Crippen molar-refractivity contribution in [1.82, 2.24) is 19.9 Å². The van der Waals surface area contributed by atoms with Crippen LogP contribution in [0.2, 0.25) is 5.15 Å². The first kappa shape index (κ1) is 19.9. The van der Waals surface area contributed by atoms with Crippen molar-refractivity contribution in [2.75, 3.05) is 31.3 Å². The third kappa shape index (κ3) is 4.03. The molecule has 1 saturated heterocycles. The summed E-state index contributed by atoms with van der Waals surface area (Å²) in [6.07, 6.45) is 3.01. The highest BCUT2D eigenvalue weighted by atomic mass is 35.5. The molecular formula is C17H21ClFN5O2S. The summed E-state index contributed by atoms with van der Waals surface area (Å²) in [6.45, 7) is 6.44. The molecule has 3 heterocycles. The molecule has 0 saturated carbocycles. The lowest BCUT2D eigenvalue weighted by Gasteiger charge is -2.44. The number of ether oxygens (including phenoxy) is 1. The van der Waals surface area contributed by atoms with Gasteiger partial charge in [0.1, 0.15) is 16.9 Å². The topological polar surface area (TPSA) is 71.5 Å². The largest absolute Gasteiger partial charge is 0.444 e. The van der Waals surface area contributed by atoms with Crippen LogP contribution >= 0.6 is 23.4 Å². The van der Waals surface area contributed by atoms with Crippen molar-refractivity contribution >= 4 is 46.2 Å². The lowest BCUT2D eigenvalue weighted by Crippen LogP contribution is -2.61. The number of rotatable bonds is 3. The smallest absolute Gasteiger partial charge is 0.410 e. The van der Waals surface area contributed by atoms with Crippen molar-refractivity contribution in [3.05, 3.63) is 17.2 Å². The number of carbonyl (C=O) groups is 1. The number of hydrogen-bond acceptors (Lipinski definition) is 7. The number of likely N-dealkylation sites (N-methyl/N-ethyl adjacent to an activating group) is 1. The summed E-state index contributed by atoms with van der Waals surface area (Å²) in [6, 6.07) is 0.00923. The van der Waals surface area contributed by atoms with Crippen LogP contribution in [0.1, 0.15) is 20.8 Å². The Balaban J connectivity index is 1.82. The summed E-state index contributed by atoms with van der Waals surface area (Å²) < 4.78 is 19.8. The van der Waals surface area contributed by atoms with Crippen molar-refractivity contribution in [3.63, 3.8) is 0 Å². The predicted octanol–water partition coefficient (Wildman–Crippen LogP) is 3.59. The second-order valence-electron chi connectivity index (χ2n) is 7.31. The molecule has 0 N–H and O–H groups in total. The number of anilines is 1. The van der Waals surface area contributed by atoms with Gasteiger partial charge in [-0.05, 0) is 27.0 Å². The van der Waals surface area contributed by atoms with Gasteiger partial charge in [0.05, 0.1) is 11.4 Å². The van der Waals surface area contributed by atoms with E-state index < -0.39 is 11.4 Å². The van der Waals surface area contributed by atoms with Crippen LogP contribution in [0.3, 0.4) is 0 Å². The van der Waals surface area contributed by atoms with Gasteiger partial charge < -0.3 is 14.5 Å². The average molecular weight is 414 g/mol. The van der Waals surface area contributed by atoms with Gasteiger partial charge in [-0.1, -0.05) is 23.4 Å². The van der Waals surface area contributed by atoms with E-state index in [1.165, 1.54) is 11.8 Å². The lowest BCUT2D eigenvalue weighted by atomic mass is 10.1. The van der Waals surface area contributed by atoms with Crippen molar-refractivity contribution < 1.29 is 13.9 Å². The van der Waals surface area contributed by atoms with Gasteiger partial charge in [-0.2, -0.15) is 0 Å². The summed E-state index contributed by atoms with van der Waals surface area (Å²) in [5, 5.41) is 0.698. The minimum absolute atomic E-state index is 0.00923. The van der Waals surface area contributed by atoms with E-state index in [4.69, 9.17) is 16.3 Å². The van der Waals surface area contributed by atoms with Crippen molar-refractivity contribution in [2.24, 2.45) is 0 Å². The quantitative estimate of drug-likeness (QED) is 0.432. The molecule has 2 aromatic heterocycles. The maximum Gasteiger partial charge on any atom is 0.410 e. The first-order valence-corrected chi connectivity index (χ1v) is 9.97. The van der Waals surface area contributed by atoms with E-state index in [0.717, 1.165) is 0 Å². The fraction of sp³-hybridized carbons (Fsp3) is 0.529. The Morgan fingerprint density at radius 2 is 2.07 bits per heavy atom. The van der Waals surface area contributed by atoms with Gasteiger partial charge >= 0.3 is 6.09 Å². The molecule has 1 fully saturated rings. The Morgan fingerprint density at radius 3 is 2.67 bits per heavy atom. The van der Waals surface area contributed by atoms with Gasteiger partial charge in [-0.25, -0.2) is 24.1 Å². The molecule has 10 heteroatoms.